The van der Waals surface area contributed by atoms with E-state index in [1.165, 1.54) is 36.9 Å². The molecule has 0 bridgehead atoms. The number of benzene rings is 1. The van der Waals surface area contributed by atoms with Crippen LogP contribution in [-0.2, 0) is 6.42 Å². The van der Waals surface area contributed by atoms with Crippen molar-refractivity contribution in [2.75, 3.05) is 13.1 Å². The van der Waals surface area contributed by atoms with Gasteiger partial charge in [-0.15, -0.1) is 0 Å². The first kappa shape index (κ1) is 11.7. The quantitative estimate of drug-likeness (QED) is 0.798. The van der Waals surface area contributed by atoms with Gasteiger partial charge in [0.25, 0.3) is 0 Å². The second kappa shape index (κ2) is 4.58. The number of aryl methyl sites for hydroxylation is 2. The maximum Gasteiger partial charge on any atom is 0.00109 e. The summed E-state index contributed by atoms with van der Waals surface area (Å²) in [6.45, 7) is 8.89. The van der Waals surface area contributed by atoms with Gasteiger partial charge < -0.3 is 5.32 Å². The molecule has 0 aliphatic heterocycles. The molecule has 0 unspecified atom stereocenters. The van der Waals surface area contributed by atoms with E-state index in [0.717, 1.165) is 6.54 Å². The van der Waals surface area contributed by atoms with Crippen LogP contribution in [0.5, 0.6) is 0 Å². The van der Waals surface area contributed by atoms with Crippen LogP contribution in [0.25, 0.3) is 0 Å². The molecule has 1 aliphatic rings. The third kappa shape index (κ3) is 2.65. The molecule has 0 spiro atoms. The highest BCUT2D eigenvalue weighted by atomic mass is 14.9. The van der Waals surface area contributed by atoms with Crippen LogP contribution in [0, 0.1) is 19.3 Å². The number of hydrogen-bond acceptors (Lipinski definition) is 1. The van der Waals surface area contributed by atoms with Crippen LogP contribution in [0.4, 0.5) is 0 Å². The fourth-order valence-corrected chi connectivity index (χ4v) is 2.38. The van der Waals surface area contributed by atoms with Crippen molar-refractivity contribution >= 4 is 0 Å². The monoisotopic (exact) mass is 217 g/mol. The van der Waals surface area contributed by atoms with Crippen molar-refractivity contribution < 1.29 is 0 Å². The van der Waals surface area contributed by atoms with Gasteiger partial charge in [0.15, 0.2) is 0 Å². The van der Waals surface area contributed by atoms with Gasteiger partial charge in [-0.05, 0) is 56.2 Å². The van der Waals surface area contributed by atoms with Gasteiger partial charge in [0.1, 0.15) is 0 Å². The Bertz CT molecular complexity index is 364. The second-order valence-electron chi connectivity index (χ2n) is 5.39. The van der Waals surface area contributed by atoms with E-state index in [4.69, 9.17) is 0 Å². The molecule has 1 N–H and O–H groups in total. The summed E-state index contributed by atoms with van der Waals surface area (Å²) in [6.07, 6.45) is 4.05. The maximum atomic E-state index is 3.51. The molecular weight excluding hydrogens is 194 g/mol. The standard InChI is InChI=1S/C15H23N/c1-4-16-11-15(7-8-15)10-14-9-12(2)5-6-13(14)3/h5-6,9,16H,4,7-8,10-11H2,1-3H3. The fourth-order valence-electron chi connectivity index (χ4n) is 2.38. The minimum Gasteiger partial charge on any atom is -0.316 e. The first-order chi connectivity index (χ1) is 7.65. The molecule has 1 aromatic carbocycles. The van der Waals surface area contributed by atoms with E-state index in [0.29, 0.717) is 5.41 Å². The Morgan fingerprint density at radius 3 is 2.62 bits per heavy atom. The average molecular weight is 217 g/mol. The van der Waals surface area contributed by atoms with Gasteiger partial charge in [-0.2, -0.15) is 0 Å². The van der Waals surface area contributed by atoms with Crippen molar-refractivity contribution in [3.05, 3.63) is 34.9 Å². The lowest BCUT2D eigenvalue weighted by Gasteiger charge is -2.17. The summed E-state index contributed by atoms with van der Waals surface area (Å²) in [6, 6.07) is 6.83. The number of rotatable bonds is 5. The molecule has 1 aliphatic carbocycles. The number of hydrogen-bond donors (Lipinski definition) is 1. The lowest BCUT2D eigenvalue weighted by Crippen LogP contribution is -2.25. The van der Waals surface area contributed by atoms with Gasteiger partial charge in [-0.25, -0.2) is 0 Å². The smallest absolute Gasteiger partial charge is 0.00109 e. The van der Waals surface area contributed by atoms with Crippen LogP contribution in [0.2, 0.25) is 0 Å². The van der Waals surface area contributed by atoms with E-state index >= 15 is 0 Å². The van der Waals surface area contributed by atoms with Crippen molar-refractivity contribution in [1.82, 2.24) is 5.32 Å². The third-order valence-corrected chi connectivity index (χ3v) is 3.78. The zero-order valence-electron chi connectivity index (χ0n) is 10.8. The lowest BCUT2D eigenvalue weighted by molar-refractivity contribution is 0.462. The molecule has 0 radical (unpaired) electrons. The summed E-state index contributed by atoms with van der Waals surface area (Å²) >= 11 is 0. The highest BCUT2D eigenvalue weighted by Crippen LogP contribution is 2.48. The van der Waals surface area contributed by atoms with Crippen LogP contribution in [0.3, 0.4) is 0 Å². The summed E-state index contributed by atoms with van der Waals surface area (Å²) in [7, 11) is 0. The Morgan fingerprint density at radius 2 is 2.00 bits per heavy atom. The van der Waals surface area contributed by atoms with Crippen molar-refractivity contribution in [3.8, 4) is 0 Å². The highest BCUT2D eigenvalue weighted by Gasteiger charge is 2.41. The summed E-state index contributed by atoms with van der Waals surface area (Å²) in [4.78, 5) is 0. The first-order valence-corrected chi connectivity index (χ1v) is 6.42. The van der Waals surface area contributed by atoms with Crippen LogP contribution < -0.4 is 5.32 Å². The molecule has 0 heterocycles. The normalized spacial score (nSPS) is 17.4. The van der Waals surface area contributed by atoms with E-state index in [-0.39, 0.29) is 0 Å². The van der Waals surface area contributed by atoms with Gasteiger partial charge in [-0.3, -0.25) is 0 Å². The zero-order chi connectivity index (χ0) is 11.6. The fraction of sp³-hybridized carbons (Fsp3) is 0.600. The van der Waals surface area contributed by atoms with Gasteiger partial charge >= 0.3 is 0 Å². The summed E-state index contributed by atoms with van der Waals surface area (Å²) in [5.41, 5.74) is 4.97. The van der Waals surface area contributed by atoms with Gasteiger partial charge in [0.2, 0.25) is 0 Å². The topological polar surface area (TPSA) is 12.0 Å². The van der Waals surface area contributed by atoms with Crippen LogP contribution >= 0.6 is 0 Å². The van der Waals surface area contributed by atoms with E-state index in [1.807, 2.05) is 0 Å². The maximum absolute atomic E-state index is 3.51. The van der Waals surface area contributed by atoms with E-state index in [2.05, 4.69) is 44.3 Å². The van der Waals surface area contributed by atoms with E-state index < -0.39 is 0 Å². The van der Waals surface area contributed by atoms with Gasteiger partial charge in [0.05, 0.1) is 0 Å². The lowest BCUT2D eigenvalue weighted by atomic mass is 9.92. The van der Waals surface area contributed by atoms with Gasteiger partial charge in [0, 0.05) is 6.54 Å². The summed E-state index contributed by atoms with van der Waals surface area (Å²) in [5, 5.41) is 3.51. The van der Waals surface area contributed by atoms with Crippen LogP contribution in [-0.4, -0.2) is 13.1 Å². The Labute approximate surface area is 99.3 Å². The number of nitrogens with one attached hydrogen (secondary N) is 1. The predicted octanol–water partition coefficient (Wildman–Crippen LogP) is 3.24. The van der Waals surface area contributed by atoms with Crippen molar-refractivity contribution in [2.24, 2.45) is 5.41 Å². The molecule has 0 atom stereocenters. The van der Waals surface area contributed by atoms with E-state index in [1.54, 1.807) is 5.56 Å². The predicted molar refractivity (Wildman–Crippen MR) is 69.8 cm³/mol. The van der Waals surface area contributed by atoms with Crippen molar-refractivity contribution in [1.29, 1.82) is 0 Å². The molecular formula is C15H23N. The molecule has 88 valence electrons. The Kier molecular flexibility index (Phi) is 3.34. The second-order valence-corrected chi connectivity index (χ2v) is 5.39. The Morgan fingerprint density at radius 1 is 1.25 bits per heavy atom. The molecule has 1 fully saturated rings. The Balaban J connectivity index is 2.05. The molecule has 1 aromatic rings. The molecule has 0 amide bonds. The van der Waals surface area contributed by atoms with Crippen molar-refractivity contribution in [3.63, 3.8) is 0 Å². The molecule has 0 aromatic heterocycles. The largest absolute Gasteiger partial charge is 0.316 e. The first-order valence-electron chi connectivity index (χ1n) is 6.42. The Hall–Kier alpha value is -0.820. The van der Waals surface area contributed by atoms with Crippen LogP contribution in [0.1, 0.15) is 36.5 Å². The molecule has 0 saturated heterocycles. The molecule has 1 heteroatoms. The SMILES string of the molecule is CCNCC1(Cc2cc(C)ccc2C)CC1. The molecule has 1 saturated carbocycles. The van der Waals surface area contributed by atoms with Crippen LogP contribution in [0.15, 0.2) is 18.2 Å². The molecule has 2 rings (SSSR count). The summed E-state index contributed by atoms with van der Waals surface area (Å²) in [5.74, 6) is 0. The average Bonchev–Trinajstić information content (AvgIpc) is 3.01. The van der Waals surface area contributed by atoms with E-state index in [9.17, 15) is 0 Å². The molecule has 1 nitrogen and oxygen atoms in total. The minimum atomic E-state index is 0.578. The molecule has 16 heavy (non-hydrogen) atoms. The summed E-state index contributed by atoms with van der Waals surface area (Å²) < 4.78 is 0. The zero-order valence-corrected chi connectivity index (χ0v) is 10.8. The minimum absolute atomic E-state index is 0.578. The van der Waals surface area contributed by atoms with Gasteiger partial charge in [-0.1, -0.05) is 30.7 Å². The highest BCUT2D eigenvalue weighted by molar-refractivity contribution is 5.32. The third-order valence-electron chi connectivity index (χ3n) is 3.78. The van der Waals surface area contributed by atoms with Crippen molar-refractivity contribution in [2.45, 2.75) is 40.0 Å².